The van der Waals surface area contributed by atoms with Gasteiger partial charge in [-0.1, -0.05) is 30.3 Å². The summed E-state index contributed by atoms with van der Waals surface area (Å²) in [5.41, 5.74) is 0.803. The molecular formula is C21H27N3O10. The van der Waals surface area contributed by atoms with Gasteiger partial charge in [0, 0.05) is 19.4 Å². The van der Waals surface area contributed by atoms with Crippen molar-refractivity contribution in [3.63, 3.8) is 0 Å². The van der Waals surface area contributed by atoms with Crippen LogP contribution >= 0.6 is 0 Å². The predicted octanol–water partition coefficient (Wildman–Crippen LogP) is 0.0867. The first-order chi connectivity index (χ1) is 16.1. The Hall–Kier alpha value is -4.16. The molecule has 34 heavy (non-hydrogen) atoms. The molecule has 0 radical (unpaired) electrons. The number of benzene rings is 1. The second kappa shape index (κ2) is 14.8. The van der Waals surface area contributed by atoms with Crippen LogP contribution in [-0.4, -0.2) is 69.8 Å². The topological polar surface area (TPSA) is 208 Å². The van der Waals surface area contributed by atoms with Crippen molar-refractivity contribution in [2.45, 2.75) is 50.8 Å². The number of rotatable bonds is 15. The Kier molecular flexibility index (Phi) is 12.1. The van der Waals surface area contributed by atoms with E-state index in [9.17, 15) is 33.9 Å². The van der Waals surface area contributed by atoms with Crippen LogP contribution in [0.2, 0.25) is 0 Å². The molecule has 13 nitrogen and oxygen atoms in total. The number of aliphatic carboxylic acids is 3. The standard InChI is InChI=1S/C21H27N3O10/c25-16(7-4-10-22-21(33)34-12-13-5-2-1-3-6-13)24-15(20(31)32)11-17(26)23-14(19(29)30)8-9-18(27)28/h1-3,5-6,14-15H,4,7-12H2,(H,22,33)(H,23,26)(H,24,25)(H,27,28)(H,29,30)(H,31,32)/t14-,15+/m0/s1. The van der Waals surface area contributed by atoms with Crippen molar-refractivity contribution >= 4 is 35.8 Å². The van der Waals surface area contributed by atoms with E-state index in [1.807, 2.05) is 11.4 Å². The second-order valence-corrected chi connectivity index (χ2v) is 7.15. The lowest BCUT2D eigenvalue weighted by Gasteiger charge is -2.17. The monoisotopic (exact) mass is 481 g/mol. The maximum absolute atomic E-state index is 12.0. The molecular weight excluding hydrogens is 454 g/mol. The molecule has 3 amide bonds. The van der Waals surface area contributed by atoms with Crippen LogP contribution < -0.4 is 16.0 Å². The van der Waals surface area contributed by atoms with Crippen LogP contribution in [0.5, 0.6) is 0 Å². The molecule has 2 atom stereocenters. The summed E-state index contributed by atoms with van der Waals surface area (Å²) in [6, 6.07) is 5.86. The fourth-order valence-electron chi connectivity index (χ4n) is 2.64. The SMILES string of the molecule is O=C(O)CC[C@H](NC(=O)C[C@@H](NC(=O)CCCNC(=O)OCc1ccccc1)C(=O)O)C(=O)O. The van der Waals surface area contributed by atoms with E-state index in [0.717, 1.165) is 5.56 Å². The highest BCUT2D eigenvalue weighted by molar-refractivity contribution is 5.90. The normalized spacial score (nSPS) is 12.0. The number of carbonyl (C=O) groups excluding carboxylic acids is 3. The fourth-order valence-corrected chi connectivity index (χ4v) is 2.64. The number of amides is 3. The molecule has 0 heterocycles. The summed E-state index contributed by atoms with van der Waals surface area (Å²) < 4.78 is 5.01. The lowest BCUT2D eigenvalue weighted by Crippen LogP contribution is -2.47. The van der Waals surface area contributed by atoms with Crippen LogP contribution in [0.1, 0.15) is 37.7 Å². The first kappa shape index (κ1) is 27.9. The number of alkyl carbamates (subject to hydrolysis) is 1. The van der Waals surface area contributed by atoms with Gasteiger partial charge in [-0.3, -0.25) is 14.4 Å². The lowest BCUT2D eigenvalue weighted by molar-refractivity contribution is -0.145. The van der Waals surface area contributed by atoms with Gasteiger partial charge < -0.3 is 36.0 Å². The smallest absolute Gasteiger partial charge is 0.407 e. The Labute approximate surface area is 194 Å². The Morgan fingerprint density at radius 2 is 1.44 bits per heavy atom. The third kappa shape index (κ3) is 12.0. The van der Waals surface area contributed by atoms with Crippen molar-refractivity contribution in [1.82, 2.24) is 16.0 Å². The summed E-state index contributed by atoms with van der Waals surface area (Å²) in [6.07, 6.45) is -2.31. The zero-order valence-corrected chi connectivity index (χ0v) is 18.2. The van der Waals surface area contributed by atoms with Gasteiger partial charge in [0.05, 0.1) is 6.42 Å². The number of nitrogens with one attached hydrogen (secondary N) is 3. The zero-order valence-electron chi connectivity index (χ0n) is 18.2. The van der Waals surface area contributed by atoms with E-state index in [0.29, 0.717) is 0 Å². The summed E-state index contributed by atoms with van der Waals surface area (Å²) in [6.45, 7) is 0.164. The highest BCUT2D eigenvalue weighted by Gasteiger charge is 2.26. The van der Waals surface area contributed by atoms with Crippen LogP contribution in [0.25, 0.3) is 0 Å². The van der Waals surface area contributed by atoms with Crippen molar-refractivity contribution < 1.29 is 48.8 Å². The summed E-state index contributed by atoms with van der Waals surface area (Å²) in [5.74, 6) is -5.91. The van der Waals surface area contributed by atoms with Crippen LogP contribution in [0, 0.1) is 0 Å². The van der Waals surface area contributed by atoms with Gasteiger partial charge in [0.1, 0.15) is 18.7 Å². The fraction of sp³-hybridized carbons (Fsp3) is 0.429. The molecule has 0 aliphatic rings. The van der Waals surface area contributed by atoms with Crippen LogP contribution in [0.3, 0.4) is 0 Å². The van der Waals surface area contributed by atoms with Gasteiger partial charge in [0.15, 0.2) is 0 Å². The summed E-state index contributed by atoms with van der Waals surface area (Å²) in [4.78, 5) is 68.7. The van der Waals surface area contributed by atoms with E-state index < -0.39 is 60.7 Å². The van der Waals surface area contributed by atoms with Crippen LogP contribution in [0.4, 0.5) is 4.79 Å². The predicted molar refractivity (Wildman–Crippen MR) is 114 cm³/mol. The largest absolute Gasteiger partial charge is 0.481 e. The third-order valence-electron chi connectivity index (χ3n) is 4.37. The van der Waals surface area contributed by atoms with Gasteiger partial charge in [-0.05, 0) is 18.4 Å². The van der Waals surface area contributed by atoms with Crippen molar-refractivity contribution in [2.24, 2.45) is 0 Å². The average Bonchev–Trinajstić information content (AvgIpc) is 2.78. The van der Waals surface area contributed by atoms with Crippen LogP contribution in [-0.2, 0) is 35.3 Å². The average molecular weight is 481 g/mol. The third-order valence-corrected chi connectivity index (χ3v) is 4.37. The minimum Gasteiger partial charge on any atom is -0.481 e. The molecule has 1 aromatic rings. The van der Waals surface area contributed by atoms with Crippen molar-refractivity contribution in [3.8, 4) is 0 Å². The number of hydrogen-bond donors (Lipinski definition) is 6. The zero-order chi connectivity index (χ0) is 25.5. The van der Waals surface area contributed by atoms with E-state index in [-0.39, 0.29) is 32.4 Å². The maximum atomic E-state index is 12.0. The molecule has 0 aromatic heterocycles. The summed E-state index contributed by atoms with van der Waals surface area (Å²) >= 11 is 0. The van der Waals surface area contributed by atoms with E-state index in [1.165, 1.54) is 0 Å². The Bertz CT molecular complexity index is 875. The molecule has 0 bridgehead atoms. The summed E-state index contributed by atoms with van der Waals surface area (Å²) in [7, 11) is 0. The molecule has 0 unspecified atom stereocenters. The first-order valence-electron chi connectivity index (χ1n) is 10.3. The highest BCUT2D eigenvalue weighted by atomic mass is 16.5. The number of hydrogen-bond acceptors (Lipinski definition) is 7. The Morgan fingerprint density at radius 3 is 2.03 bits per heavy atom. The number of carboxylic acids is 3. The van der Waals surface area contributed by atoms with Gasteiger partial charge >= 0.3 is 24.0 Å². The van der Waals surface area contributed by atoms with Crippen molar-refractivity contribution in [3.05, 3.63) is 35.9 Å². The van der Waals surface area contributed by atoms with Gasteiger partial charge in [-0.2, -0.15) is 0 Å². The minimum absolute atomic E-state index is 0.0779. The minimum atomic E-state index is -1.62. The molecule has 186 valence electrons. The van der Waals surface area contributed by atoms with Gasteiger partial charge in [0.25, 0.3) is 0 Å². The molecule has 0 saturated heterocycles. The quantitative estimate of drug-likeness (QED) is 0.186. The summed E-state index contributed by atoms with van der Waals surface area (Å²) in [5, 5.41) is 33.5. The molecule has 1 rings (SSSR count). The van der Waals surface area contributed by atoms with Gasteiger partial charge in [-0.15, -0.1) is 0 Å². The van der Waals surface area contributed by atoms with E-state index in [1.54, 1.807) is 24.3 Å². The highest BCUT2D eigenvalue weighted by Crippen LogP contribution is 2.02. The van der Waals surface area contributed by atoms with Crippen molar-refractivity contribution in [1.29, 1.82) is 0 Å². The molecule has 0 aliphatic carbocycles. The first-order valence-corrected chi connectivity index (χ1v) is 10.3. The number of carbonyl (C=O) groups is 6. The lowest BCUT2D eigenvalue weighted by atomic mass is 10.1. The van der Waals surface area contributed by atoms with E-state index >= 15 is 0 Å². The number of ether oxygens (including phenoxy) is 1. The van der Waals surface area contributed by atoms with Crippen LogP contribution in [0.15, 0.2) is 30.3 Å². The Balaban J connectivity index is 2.37. The van der Waals surface area contributed by atoms with E-state index in [4.69, 9.17) is 14.9 Å². The van der Waals surface area contributed by atoms with Crippen molar-refractivity contribution in [2.75, 3.05) is 6.54 Å². The van der Waals surface area contributed by atoms with Gasteiger partial charge in [-0.25, -0.2) is 14.4 Å². The second-order valence-electron chi connectivity index (χ2n) is 7.15. The van der Waals surface area contributed by atoms with Gasteiger partial charge in [0.2, 0.25) is 11.8 Å². The molecule has 6 N–H and O–H groups in total. The molecule has 13 heteroatoms. The Morgan fingerprint density at radius 1 is 0.824 bits per heavy atom. The molecule has 0 fully saturated rings. The number of carboxylic acid groups (broad SMARTS) is 3. The molecule has 0 spiro atoms. The molecule has 1 aromatic carbocycles. The maximum Gasteiger partial charge on any atom is 0.407 e. The van der Waals surface area contributed by atoms with E-state index in [2.05, 4.69) is 10.6 Å². The molecule has 0 aliphatic heterocycles. The molecule has 0 saturated carbocycles.